The van der Waals surface area contributed by atoms with Crippen LogP contribution in [-0.2, 0) is 0 Å². The lowest BCUT2D eigenvalue weighted by molar-refractivity contribution is 1.17. The zero-order chi connectivity index (χ0) is 23.6. The number of rotatable bonds is 4. The van der Waals surface area contributed by atoms with Crippen LogP contribution in [0.4, 0.5) is 17.2 Å². The molecular formula is C32H21N3. The Kier molecular flexibility index (Phi) is 5.18. The van der Waals surface area contributed by atoms with Crippen LogP contribution in [0.1, 0.15) is 5.69 Å². The predicted octanol–water partition coefficient (Wildman–Crippen LogP) is 8.40. The molecule has 0 amide bonds. The average Bonchev–Trinajstić information content (AvgIpc) is 2.94. The molecule has 0 atom stereocenters. The molecule has 0 N–H and O–H groups in total. The molecule has 6 aromatic rings. The third-order valence-electron chi connectivity index (χ3n) is 6.28. The van der Waals surface area contributed by atoms with Gasteiger partial charge in [-0.2, -0.15) is 5.26 Å². The third-order valence-corrected chi connectivity index (χ3v) is 6.28. The summed E-state index contributed by atoms with van der Waals surface area (Å²) in [6.45, 7) is 0. The van der Waals surface area contributed by atoms with Crippen LogP contribution in [0.15, 0.2) is 127 Å². The van der Waals surface area contributed by atoms with Gasteiger partial charge in [0.05, 0.1) is 5.69 Å². The molecule has 5 aromatic carbocycles. The van der Waals surface area contributed by atoms with Crippen LogP contribution < -0.4 is 4.90 Å². The molecule has 3 heteroatoms. The fraction of sp³-hybridized carbons (Fsp3) is 0. The molecule has 0 aliphatic heterocycles. The normalized spacial score (nSPS) is 10.8. The lowest BCUT2D eigenvalue weighted by Gasteiger charge is -2.28. The topological polar surface area (TPSA) is 39.9 Å². The van der Waals surface area contributed by atoms with Crippen LogP contribution in [0.3, 0.4) is 0 Å². The van der Waals surface area contributed by atoms with Gasteiger partial charge >= 0.3 is 0 Å². The lowest BCUT2D eigenvalue weighted by Crippen LogP contribution is -2.13. The van der Waals surface area contributed by atoms with Crippen molar-refractivity contribution in [2.24, 2.45) is 0 Å². The standard InChI is InChI=1S/C32H21N3/c33-22-24-14-11-21-30(34-24)35(25-15-5-2-6-16-25)32-28-19-9-7-17-26(28)31(23-12-3-1-4-13-23)27-18-8-10-20-29(27)32/h1-21H. The summed E-state index contributed by atoms with van der Waals surface area (Å²) in [5.41, 5.74) is 4.81. The van der Waals surface area contributed by atoms with Crippen LogP contribution in [-0.4, -0.2) is 4.98 Å². The number of fused-ring (bicyclic) bond motifs is 2. The van der Waals surface area contributed by atoms with Gasteiger partial charge in [0.25, 0.3) is 0 Å². The minimum absolute atomic E-state index is 0.387. The minimum atomic E-state index is 0.387. The Bertz CT molecular complexity index is 1640. The molecule has 6 rings (SSSR count). The van der Waals surface area contributed by atoms with E-state index >= 15 is 0 Å². The van der Waals surface area contributed by atoms with Crippen molar-refractivity contribution in [2.45, 2.75) is 0 Å². The summed E-state index contributed by atoms with van der Waals surface area (Å²) in [5, 5.41) is 14.1. The Hall–Kier alpha value is -4.94. The van der Waals surface area contributed by atoms with E-state index in [2.05, 4.69) is 95.9 Å². The first-order chi connectivity index (χ1) is 17.3. The quantitative estimate of drug-likeness (QED) is 0.255. The summed E-state index contributed by atoms with van der Waals surface area (Å²) in [6, 6.07) is 45.6. The van der Waals surface area contributed by atoms with E-state index in [1.54, 1.807) is 6.07 Å². The Morgan fingerprint density at radius 2 is 1.09 bits per heavy atom. The maximum Gasteiger partial charge on any atom is 0.142 e. The molecule has 1 aromatic heterocycles. The van der Waals surface area contributed by atoms with Gasteiger partial charge < -0.3 is 0 Å². The first-order valence-electron chi connectivity index (χ1n) is 11.6. The van der Waals surface area contributed by atoms with Gasteiger partial charge in [-0.15, -0.1) is 0 Å². The van der Waals surface area contributed by atoms with E-state index in [-0.39, 0.29) is 0 Å². The molecule has 0 aliphatic rings. The van der Waals surface area contributed by atoms with Crippen molar-refractivity contribution in [3.8, 4) is 17.2 Å². The van der Waals surface area contributed by atoms with Gasteiger partial charge in [-0.1, -0.05) is 103 Å². The van der Waals surface area contributed by atoms with Gasteiger partial charge in [-0.25, -0.2) is 4.98 Å². The monoisotopic (exact) mass is 447 g/mol. The number of aromatic nitrogens is 1. The highest BCUT2D eigenvalue weighted by atomic mass is 15.2. The SMILES string of the molecule is N#Cc1cccc(N(c2ccccc2)c2c3ccccc3c(-c3ccccc3)c3ccccc23)n1. The van der Waals surface area contributed by atoms with Crippen LogP contribution in [0, 0.1) is 11.3 Å². The second-order valence-electron chi connectivity index (χ2n) is 8.34. The molecule has 0 fully saturated rings. The highest BCUT2D eigenvalue weighted by Gasteiger charge is 2.22. The fourth-order valence-electron chi connectivity index (χ4n) is 4.83. The van der Waals surface area contributed by atoms with Gasteiger partial charge in [-0.3, -0.25) is 4.90 Å². The first-order valence-corrected chi connectivity index (χ1v) is 11.6. The van der Waals surface area contributed by atoms with Crippen molar-refractivity contribution in [3.63, 3.8) is 0 Å². The van der Waals surface area contributed by atoms with Gasteiger partial charge in [0.2, 0.25) is 0 Å². The highest BCUT2D eigenvalue weighted by molar-refractivity contribution is 6.22. The fourth-order valence-corrected chi connectivity index (χ4v) is 4.83. The van der Waals surface area contributed by atoms with Crippen molar-refractivity contribution < 1.29 is 0 Å². The van der Waals surface area contributed by atoms with E-state index in [1.165, 1.54) is 21.9 Å². The molecule has 0 saturated carbocycles. The number of hydrogen-bond acceptors (Lipinski definition) is 3. The molecule has 35 heavy (non-hydrogen) atoms. The molecule has 0 spiro atoms. The second kappa shape index (κ2) is 8.78. The zero-order valence-electron chi connectivity index (χ0n) is 19.0. The number of anilines is 3. The number of pyridine rings is 1. The number of hydrogen-bond donors (Lipinski definition) is 0. The molecule has 0 saturated heterocycles. The smallest absolute Gasteiger partial charge is 0.142 e. The third kappa shape index (κ3) is 3.58. The molecule has 0 bridgehead atoms. The van der Waals surface area contributed by atoms with Crippen LogP contribution >= 0.6 is 0 Å². The van der Waals surface area contributed by atoms with E-state index in [0.29, 0.717) is 11.5 Å². The Labute approximate surface area is 204 Å². The Balaban J connectivity index is 1.78. The summed E-state index contributed by atoms with van der Waals surface area (Å²) >= 11 is 0. The first kappa shape index (κ1) is 20.7. The van der Waals surface area contributed by atoms with Crippen molar-refractivity contribution in [1.82, 2.24) is 4.98 Å². The maximum absolute atomic E-state index is 9.56. The molecule has 1 heterocycles. The molecule has 0 radical (unpaired) electrons. The summed E-state index contributed by atoms with van der Waals surface area (Å²) in [7, 11) is 0. The zero-order valence-corrected chi connectivity index (χ0v) is 19.0. The average molecular weight is 448 g/mol. The molecule has 164 valence electrons. The Morgan fingerprint density at radius 1 is 0.543 bits per heavy atom. The van der Waals surface area contributed by atoms with Crippen molar-refractivity contribution in [1.29, 1.82) is 5.26 Å². The van der Waals surface area contributed by atoms with Crippen LogP contribution in [0.25, 0.3) is 32.7 Å². The largest absolute Gasteiger partial charge is 0.294 e. The maximum atomic E-state index is 9.56. The summed E-state index contributed by atoms with van der Waals surface area (Å²) in [5.74, 6) is 0.706. The number of para-hydroxylation sites is 1. The van der Waals surface area contributed by atoms with E-state index < -0.39 is 0 Å². The van der Waals surface area contributed by atoms with Gasteiger partial charge in [0.1, 0.15) is 17.6 Å². The molecule has 3 nitrogen and oxygen atoms in total. The van der Waals surface area contributed by atoms with E-state index in [1.807, 2.05) is 36.4 Å². The van der Waals surface area contributed by atoms with Gasteiger partial charge in [0, 0.05) is 16.5 Å². The summed E-state index contributed by atoms with van der Waals surface area (Å²) in [6.07, 6.45) is 0. The minimum Gasteiger partial charge on any atom is -0.294 e. The number of nitriles is 1. The highest BCUT2D eigenvalue weighted by Crippen LogP contribution is 2.47. The number of nitrogens with zero attached hydrogens (tertiary/aromatic N) is 3. The molecule has 0 unspecified atom stereocenters. The summed E-state index contributed by atoms with van der Waals surface area (Å²) < 4.78 is 0. The molecule has 0 aliphatic carbocycles. The molecular weight excluding hydrogens is 426 g/mol. The van der Waals surface area contributed by atoms with E-state index in [0.717, 1.165) is 22.1 Å². The van der Waals surface area contributed by atoms with Gasteiger partial charge in [0.15, 0.2) is 0 Å². The van der Waals surface area contributed by atoms with Crippen molar-refractivity contribution in [2.75, 3.05) is 4.90 Å². The number of benzene rings is 5. The van der Waals surface area contributed by atoms with Crippen molar-refractivity contribution >= 4 is 38.7 Å². The lowest BCUT2D eigenvalue weighted by atomic mass is 9.90. The van der Waals surface area contributed by atoms with E-state index in [4.69, 9.17) is 4.98 Å². The van der Waals surface area contributed by atoms with Crippen molar-refractivity contribution in [3.05, 3.63) is 133 Å². The van der Waals surface area contributed by atoms with Crippen LogP contribution in [0.2, 0.25) is 0 Å². The van der Waals surface area contributed by atoms with Crippen LogP contribution in [0.5, 0.6) is 0 Å². The summed E-state index contributed by atoms with van der Waals surface area (Å²) in [4.78, 5) is 6.87. The van der Waals surface area contributed by atoms with Gasteiger partial charge in [-0.05, 0) is 46.2 Å². The predicted molar refractivity (Wildman–Crippen MR) is 144 cm³/mol. The second-order valence-corrected chi connectivity index (χ2v) is 8.34. The van der Waals surface area contributed by atoms with E-state index in [9.17, 15) is 5.26 Å². The Morgan fingerprint density at radius 3 is 1.69 bits per heavy atom.